The van der Waals surface area contributed by atoms with Crippen LogP contribution in [0.1, 0.15) is 24.2 Å². The van der Waals surface area contributed by atoms with Gasteiger partial charge in [-0.2, -0.15) is 0 Å². The summed E-state index contributed by atoms with van der Waals surface area (Å²) < 4.78 is 21.0. The molecule has 0 amide bonds. The van der Waals surface area contributed by atoms with Crippen molar-refractivity contribution in [2.75, 3.05) is 0 Å². The van der Waals surface area contributed by atoms with Gasteiger partial charge in [-0.05, 0) is 37.3 Å². The number of benzene rings is 1. The first-order chi connectivity index (χ1) is 10.1. The van der Waals surface area contributed by atoms with Crippen LogP contribution < -0.4 is 10.5 Å². The maximum atomic E-state index is 13.3. The van der Waals surface area contributed by atoms with E-state index in [4.69, 9.17) is 10.5 Å². The van der Waals surface area contributed by atoms with Gasteiger partial charge < -0.3 is 14.9 Å². The minimum atomic E-state index is -0.317. The zero-order valence-electron chi connectivity index (χ0n) is 11.7. The second kappa shape index (κ2) is 5.54. The highest BCUT2D eigenvalue weighted by Gasteiger charge is 2.10. The Hall–Kier alpha value is -2.40. The van der Waals surface area contributed by atoms with Crippen molar-refractivity contribution in [1.29, 1.82) is 0 Å². The highest BCUT2D eigenvalue weighted by molar-refractivity contribution is 5.40. The molecule has 0 aliphatic heterocycles. The summed E-state index contributed by atoms with van der Waals surface area (Å²) >= 11 is 0. The van der Waals surface area contributed by atoms with E-state index in [-0.39, 0.29) is 11.9 Å². The van der Waals surface area contributed by atoms with Crippen LogP contribution in [-0.2, 0) is 6.61 Å². The Morgan fingerprint density at radius 3 is 2.95 bits per heavy atom. The number of nitrogens with zero attached hydrogens (tertiary/aromatic N) is 2. The van der Waals surface area contributed by atoms with Crippen LogP contribution in [-0.4, -0.2) is 9.38 Å². The Morgan fingerprint density at radius 1 is 1.33 bits per heavy atom. The lowest BCUT2D eigenvalue weighted by molar-refractivity contribution is 0.297. The van der Waals surface area contributed by atoms with E-state index in [1.807, 2.05) is 35.0 Å². The minimum absolute atomic E-state index is 0.295. The fraction of sp³-hybridized carbons (Fsp3) is 0.188. The quantitative estimate of drug-likeness (QED) is 0.801. The normalized spacial score (nSPS) is 12.5. The van der Waals surface area contributed by atoms with Crippen LogP contribution >= 0.6 is 0 Å². The predicted octanol–water partition coefficient (Wildman–Crippen LogP) is 3.07. The van der Waals surface area contributed by atoms with Crippen LogP contribution in [0.15, 0.2) is 48.8 Å². The average molecular weight is 285 g/mol. The number of rotatable bonds is 4. The number of hydrogen-bond donors (Lipinski definition) is 1. The van der Waals surface area contributed by atoms with Crippen molar-refractivity contribution < 1.29 is 9.13 Å². The third-order valence-corrected chi connectivity index (χ3v) is 3.25. The van der Waals surface area contributed by atoms with Crippen LogP contribution in [0, 0.1) is 5.82 Å². The number of imidazole rings is 1. The van der Waals surface area contributed by atoms with Gasteiger partial charge in [-0.25, -0.2) is 9.37 Å². The summed E-state index contributed by atoms with van der Waals surface area (Å²) in [6.45, 7) is 2.11. The molecule has 0 spiro atoms. The molecule has 2 aromatic heterocycles. The number of halogens is 1. The molecule has 4 nitrogen and oxygen atoms in total. The fourth-order valence-electron chi connectivity index (χ4n) is 2.22. The van der Waals surface area contributed by atoms with E-state index in [0.29, 0.717) is 17.9 Å². The molecule has 3 rings (SSSR count). The molecular weight excluding hydrogens is 269 g/mol. The van der Waals surface area contributed by atoms with Crippen molar-refractivity contribution >= 4 is 5.65 Å². The predicted molar refractivity (Wildman–Crippen MR) is 78.5 cm³/mol. The summed E-state index contributed by atoms with van der Waals surface area (Å²) in [6, 6.07) is 9.87. The maximum absolute atomic E-state index is 13.3. The highest BCUT2D eigenvalue weighted by Crippen LogP contribution is 2.25. The third-order valence-electron chi connectivity index (χ3n) is 3.25. The van der Waals surface area contributed by atoms with E-state index >= 15 is 0 Å². The van der Waals surface area contributed by atoms with Gasteiger partial charge in [-0.1, -0.05) is 6.07 Å². The van der Waals surface area contributed by atoms with Crippen molar-refractivity contribution in [3.63, 3.8) is 0 Å². The van der Waals surface area contributed by atoms with E-state index in [9.17, 15) is 4.39 Å². The first-order valence-corrected chi connectivity index (χ1v) is 6.74. The van der Waals surface area contributed by atoms with Gasteiger partial charge in [0.1, 0.15) is 23.8 Å². The molecule has 1 aromatic carbocycles. The third kappa shape index (κ3) is 2.87. The van der Waals surface area contributed by atoms with Gasteiger partial charge in [0.05, 0.1) is 5.69 Å². The van der Waals surface area contributed by atoms with Gasteiger partial charge in [0.25, 0.3) is 0 Å². The molecule has 5 heteroatoms. The number of pyridine rings is 1. The van der Waals surface area contributed by atoms with Crippen molar-refractivity contribution in [3.05, 3.63) is 65.9 Å². The topological polar surface area (TPSA) is 52.5 Å². The zero-order valence-corrected chi connectivity index (χ0v) is 11.7. The van der Waals surface area contributed by atoms with E-state index in [1.165, 1.54) is 12.1 Å². The van der Waals surface area contributed by atoms with E-state index in [0.717, 1.165) is 11.3 Å². The summed E-state index contributed by atoms with van der Waals surface area (Å²) in [7, 11) is 0. The van der Waals surface area contributed by atoms with Crippen LogP contribution in [0.25, 0.3) is 5.65 Å². The molecule has 108 valence electrons. The van der Waals surface area contributed by atoms with Crippen LogP contribution in [0.3, 0.4) is 0 Å². The molecule has 0 radical (unpaired) electrons. The number of fused-ring (bicyclic) bond motifs is 1. The molecule has 0 bridgehead atoms. The Bertz CT molecular complexity index is 734. The Kier molecular flexibility index (Phi) is 3.58. The van der Waals surface area contributed by atoms with E-state index in [2.05, 4.69) is 4.98 Å². The van der Waals surface area contributed by atoms with Gasteiger partial charge in [0, 0.05) is 24.0 Å². The fourth-order valence-corrected chi connectivity index (χ4v) is 2.22. The Labute approximate surface area is 122 Å². The summed E-state index contributed by atoms with van der Waals surface area (Å²) in [4.78, 5) is 4.45. The van der Waals surface area contributed by atoms with Crippen LogP contribution in [0.2, 0.25) is 0 Å². The summed E-state index contributed by atoms with van der Waals surface area (Å²) in [5.41, 5.74) is 8.17. The smallest absolute Gasteiger partial charge is 0.137 e. The van der Waals surface area contributed by atoms with Crippen molar-refractivity contribution in [2.24, 2.45) is 5.73 Å². The average Bonchev–Trinajstić information content (AvgIpc) is 2.88. The molecule has 3 aromatic rings. The van der Waals surface area contributed by atoms with Gasteiger partial charge >= 0.3 is 0 Å². The molecule has 0 saturated heterocycles. The first kappa shape index (κ1) is 13.6. The second-order valence-corrected chi connectivity index (χ2v) is 4.96. The van der Waals surface area contributed by atoms with Crippen molar-refractivity contribution in [1.82, 2.24) is 9.38 Å². The molecule has 0 saturated carbocycles. The molecule has 2 heterocycles. The van der Waals surface area contributed by atoms with Crippen LogP contribution in [0.5, 0.6) is 5.75 Å². The molecule has 2 N–H and O–H groups in total. The number of nitrogens with two attached hydrogens (primary N) is 1. The van der Waals surface area contributed by atoms with Crippen LogP contribution in [0.4, 0.5) is 4.39 Å². The molecule has 21 heavy (non-hydrogen) atoms. The van der Waals surface area contributed by atoms with Gasteiger partial charge in [-0.3, -0.25) is 0 Å². The lowest BCUT2D eigenvalue weighted by Crippen LogP contribution is -2.08. The van der Waals surface area contributed by atoms with Crippen molar-refractivity contribution in [2.45, 2.75) is 19.6 Å². The SMILES string of the molecule is C[C@H](N)c1cc(F)ccc1OCc1cn2ccccc2n1. The Morgan fingerprint density at radius 2 is 2.19 bits per heavy atom. The van der Waals surface area contributed by atoms with E-state index in [1.54, 1.807) is 13.0 Å². The maximum Gasteiger partial charge on any atom is 0.137 e. The lowest BCUT2D eigenvalue weighted by atomic mass is 10.1. The summed E-state index contributed by atoms with van der Waals surface area (Å²) in [5, 5.41) is 0. The molecule has 1 atom stereocenters. The number of aromatic nitrogens is 2. The van der Waals surface area contributed by atoms with Crippen molar-refractivity contribution in [3.8, 4) is 5.75 Å². The van der Waals surface area contributed by atoms with E-state index < -0.39 is 0 Å². The number of hydrogen-bond acceptors (Lipinski definition) is 3. The Balaban J connectivity index is 1.81. The molecule has 0 fully saturated rings. The molecule has 0 unspecified atom stereocenters. The zero-order chi connectivity index (χ0) is 14.8. The van der Waals surface area contributed by atoms with Gasteiger partial charge in [0.2, 0.25) is 0 Å². The molecular formula is C16H16FN3O. The standard InChI is InChI=1S/C16H16FN3O/c1-11(18)14-8-12(17)5-6-15(14)21-10-13-9-20-7-3-2-4-16(20)19-13/h2-9,11H,10,18H2,1H3/t11-/m0/s1. The molecule has 0 aliphatic carbocycles. The largest absolute Gasteiger partial charge is 0.487 e. The molecule has 0 aliphatic rings. The first-order valence-electron chi connectivity index (χ1n) is 6.74. The minimum Gasteiger partial charge on any atom is -0.487 e. The lowest BCUT2D eigenvalue weighted by Gasteiger charge is -2.13. The highest BCUT2D eigenvalue weighted by atomic mass is 19.1. The summed E-state index contributed by atoms with van der Waals surface area (Å²) in [5.74, 6) is 0.269. The summed E-state index contributed by atoms with van der Waals surface area (Å²) in [6.07, 6.45) is 3.83. The van der Waals surface area contributed by atoms with Gasteiger partial charge in [-0.15, -0.1) is 0 Å². The van der Waals surface area contributed by atoms with Gasteiger partial charge in [0.15, 0.2) is 0 Å². The second-order valence-electron chi connectivity index (χ2n) is 4.96. The monoisotopic (exact) mass is 285 g/mol. The number of ether oxygens (including phenoxy) is 1.